The van der Waals surface area contributed by atoms with E-state index in [1.54, 1.807) is 19.1 Å². The van der Waals surface area contributed by atoms with Crippen molar-refractivity contribution in [1.29, 1.82) is 0 Å². The minimum atomic E-state index is -4.73. The van der Waals surface area contributed by atoms with E-state index in [0.29, 0.717) is 16.9 Å². The zero-order valence-corrected chi connectivity index (χ0v) is 24.7. The molecule has 0 saturated carbocycles. The molecule has 0 aliphatic heterocycles. The summed E-state index contributed by atoms with van der Waals surface area (Å²) in [5.74, 6) is -1.12. The normalized spacial score (nSPS) is 12.4. The number of unbranched alkanes of at least 4 members (excludes halogenated alkanes) is 1. The summed E-state index contributed by atoms with van der Waals surface area (Å²) in [5.41, 5.74) is 0.273. The molecule has 0 spiro atoms. The minimum Gasteiger partial charge on any atom is -0.354 e. The quantitative estimate of drug-likeness (QED) is 0.245. The van der Waals surface area contributed by atoms with Gasteiger partial charge < -0.3 is 10.2 Å². The van der Waals surface area contributed by atoms with E-state index in [9.17, 15) is 31.2 Å². The van der Waals surface area contributed by atoms with Gasteiger partial charge in [0.05, 0.1) is 16.1 Å². The van der Waals surface area contributed by atoms with Gasteiger partial charge in [0.25, 0.3) is 10.0 Å². The van der Waals surface area contributed by atoms with Crippen LogP contribution in [0.4, 0.5) is 18.9 Å². The molecule has 0 heterocycles. The van der Waals surface area contributed by atoms with Crippen molar-refractivity contribution in [2.45, 2.75) is 63.7 Å². The van der Waals surface area contributed by atoms with E-state index in [0.717, 1.165) is 36.1 Å². The Labute approximate surface area is 245 Å². The highest BCUT2D eigenvalue weighted by molar-refractivity contribution is 7.92. The van der Waals surface area contributed by atoms with Crippen molar-refractivity contribution < 1.29 is 31.2 Å². The Morgan fingerprint density at radius 2 is 1.62 bits per heavy atom. The van der Waals surface area contributed by atoms with Crippen LogP contribution in [0.25, 0.3) is 0 Å². The van der Waals surface area contributed by atoms with E-state index in [1.165, 1.54) is 35.2 Å². The van der Waals surface area contributed by atoms with E-state index >= 15 is 0 Å². The second kappa shape index (κ2) is 14.4. The Morgan fingerprint density at radius 3 is 2.24 bits per heavy atom. The fourth-order valence-electron chi connectivity index (χ4n) is 4.52. The largest absolute Gasteiger partial charge is 0.416 e. The van der Waals surface area contributed by atoms with E-state index in [2.05, 4.69) is 5.32 Å². The third kappa shape index (κ3) is 8.34. The van der Waals surface area contributed by atoms with Crippen molar-refractivity contribution in [3.8, 4) is 0 Å². The Hall–Kier alpha value is -3.86. The molecule has 0 bridgehead atoms. The van der Waals surface area contributed by atoms with Crippen molar-refractivity contribution in [3.05, 3.63) is 95.6 Å². The number of carbonyl (C=O) groups excluding carboxylic acids is 2. The first-order valence-corrected chi connectivity index (χ1v) is 15.2. The predicted octanol–water partition coefficient (Wildman–Crippen LogP) is 5.93. The van der Waals surface area contributed by atoms with Crippen molar-refractivity contribution in [3.63, 3.8) is 0 Å². The van der Waals surface area contributed by atoms with Gasteiger partial charge in [0.2, 0.25) is 11.8 Å². The van der Waals surface area contributed by atoms with Gasteiger partial charge in [-0.3, -0.25) is 13.9 Å². The zero-order valence-electron chi connectivity index (χ0n) is 23.9. The van der Waals surface area contributed by atoms with Gasteiger partial charge in [0.15, 0.2) is 0 Å². The molecule has 0 aliphatic carbocycles. The van der Waals surface area contributed by atoms with Crippen LogP contribution in [-0.4, -0.2) is 44.3 Å². The highest BCUT2D eigenvalue weighted by atomic mass is 32.2. The monoisotopic (exact) mass is 603 g/mol. The van der Waals surface area contributed by atoms with Crippen LogP contribution in [0.15, 0.2) is 83.8 Å². The highest BCUT2D eigenvalue weighted by Crippen LogP contribution is 2.33. The molecule has 2 amide bonds. The van der Waals surface area contributed by atoms with E-state index in [-0.39, 0.29) is 29.5 Å². The van der Waals surface area contributed by atoms with Crippen molar-refractivity contribution in [2.24, 2.45) is 0 Å². The molecule has 7 nitrogen and oxygen atoms in total. The molecule has 0 unspecified atom stereocenters. The molecule has 0 radical (unpaired) electrons. The Balaban J connectivity index is 2.08. The molecule has 0 fully saturated rings. The summed E-state index contributed by atoms with van der Waals surface area (Å²) in [4.78, 5) is 28.4. The fraction of sp³-hybridized carbons (Fsp3) is 0.355. The summed E-state index contributed by atoms with van der Waals surface area (Å²) in [7, 11) is -4.48. The maximum Gasteiger partial charge on any atom is 0.416 e. The molecule has 226 valence electrons. The number of hydrogen-bond donors (Lipinski definition) is 1. The van der Waals surface area contributed by atoms with Gasteiger partial charge in [-0.1, -0.05) is 74.4 Å². The Morgan fingerprint density at radius 1 is 0.929 bits per heavy atom. The molecule has 1 N–H and O–H groups in total. The summed E-state index contributed by atoms with van der Waals surface area (Å²) in [6.45, 7) is 5.20. The van der Waals surface area contributed by atoms with Crippen LogP contribution >= 0.6 is 0 Å². The molecule has 3 rings (SSSR count). The molecular formula is C31H36F3N3O4S. The summed E-state index contributed by atoms with van der Waals surface area (Å²) in [6.07, 6.45) is -2.90. The predicted molar refractivity (Wildman–Crippen MR) is 156 cm³/mol. The molecule has 0 aliphatic rings. The van der Waals surface area contributed by atoms with E-state index in [4.69, 9.17) is 0 Å². The number of nitrogens with one attached hydrogen (secondary N) is 1. The molecule has 0 aromatic heterocycles. The second-order valence-electron chi connectivity index (χ2n) is 9.95. The lowest BCUT2D eigenvalue weighted by Gasteiger charge is -2.33. The van der Waals surface area contributed by atoms with Crippen LogP contribution in [0.1, 0.15) is 49.8 Å². The molecule has 0 saturated heterocycles. The van der Waals surface area contributed by atoms with E-state index in [1.807, 2.05) is 32.0 Å². The molecule has 42 heavy (non-hydrogen) atoms. The lowest BCUT2D eigenvalue weighted by molar-refractivity contribution is -0.140. The number of hydrogen-bond acceptors (Lipinski definition) is 4. The van der Waals surface area contributed by atoms with Gasteiger partial charge >= 0.3 is 6.18 Å². The van der Waals surface area contributed by atoms with Gasteiger partial charge in [-0.2, -0.15) is 13.2 Å². The topological polar surface area (TPSA) is 86.8 Å². The lowest BCUT2D eigenvalue weighted by atomic mass is 10.1. The average molecular weight is 604 g/mol. The number of halogens is 3. The summed E-state index contributed by atoms with van der Waals surface area (Å²) in [5, 5.41) is 2.84. The number of anilines is 1. The van der Waals surface area contributed by atoms with Crippen LogP contribution in [-0.2, 0) is 32.3 Å². The summed E-state index contributed by atoms with van der Waals surface area (Å²) in [6, 6.07) is 17.4. The molecule has 3 aromatic rings. The first kappa shape index (κ1) is 32.7. The molecule has 3 aromatic carbocycles. The van der Waals surface area contributed by atoms with Crippen LogP contribution in [0, 0.1) is 6.92 Å². The van der Waals surface area contributed by atoms with Gasteiger partial charge in [0.1, 0.15) is 12.6 Å². The van der Waals surface area contributed by atoms with Crippen LogP contribution in [0.2, 0.25) is 0 Å². The Bertz CT molecular complexity index is 1460. The average Bonchev–Trinajstić information content (AvgIpc) is 2.96. The van der Waals surface area contributed by atoms with Gasteiger partial charge in [-0.05, 0) is 55.7 Å². The first-order chi connectivity index (χ1) is 19.9. The standard InChI is InChI=1S/C31H36F3N3O4S/c1-4-6-18-35-30(39)28(5-2)36(21-24-13-10-12-23(3)19-24)29(38)22-37(42(40,41)27-16-8-7-9-17-27)26-15-11-14-25(20-26)31(32,33)34/h7-17,19-20,28H,4-6,18,21-22H2,1-3H3,(H,35,39)/t28-/m1/s1. The number of aryl methyl sites for hydroxylation is 1. The van der Waals surface area contributed by atoms with E-state index < -0.39 is 40.3 Å². The number of rotatable bonds is 13. The number of amides is 2. The third-order valence-electron chi connectivity index (χ3n) is 6.72. The number of carbonyl (C=O) groups is 2. The number of nitrogens with zero attached hydrogens (tertiary/aromatic N) is 2. The fourth-order valence-corrected chi connectivity index (χ4v) is 5.95. The molecule has 1 atom stereocenters. The van der Waals surface area contributed by atoms with Crippen molar-refractivity contribution >= 4 is 27.5 Å². The maximum atomic E-state index is 14.0. The Kier molecular flexibility index (Phi) is 11.2. The number of alkyl halides is 3. The van der Waals surface area contributed by atoms with Gasteiger partial charge in [0, 0.05) is 13.1 Å². The summed E-state index contributed by atoms with van der Waals surface area (Å²) >= 11 is 0. The second-order valence-corrected chi connectivity index (χ2v) is 11.8. The van der Waals surface area contributed by atoms with Gasteiger partial charge in [-0.15, -0.1) is 0 Å². The zero-order chi connectivity index (χ0) is 30.9. The van der Waals surface area contributed by atoms with Crippen molar-refractivity contribution in [1.82, 2.24) is 10.2 Å². The number of benzene rings is 3. The maximum absolute atomic E-state index is 14.0. The van der Waals surface area contributed by atoms with Crippen LogP contribution in [0.5, 0.6) is 0 Å². The molecular weight excluding hydrogens is 567 g/mol. The minimum absolute atomic E-state index is 0.00202. The summed E-state index contributed by atoms with van der Waals surface area (Å²) < 4.78 is 69.1. The van der Waals surface area contributed by atoms with Crippen molar-refractivity contribution in [2.75, 3.05) is 17.4 Å². The first-order valence-electron chi connectivity index (χ1n) is 13.8. The SMILES string of the molecule is CCCCNC(=O)[C@@H](CC)N(Cc1cccc(C)c1)C(=O)CN(c1cccc(C(F)(F)F)c1)S(=O)(=O)c1ccccc1. The smallest absolute Gasteiger partial charge is 0.354 e. The number of sulfonamides is 1. The third-order valence-corrected chi connectivity index (χ3v) is 8.51. The highest BCUT2D eigenvalue weighted by Gasteiger charge is 2.35. The van der Waals surface area contributed by atoms with Crippen LogP contribution in [0.3, 0.4) is 0 Å². The molecule has 11 heteroatoms. The lowest BCUT2D eigenvalue weighted by Crippen LogP contribution is -2.52. The van der Waals surface area contributed by atoms with Crippen LogP contribution < -0.4 is 9.62 Å². The van der Waals surface area contributed by atoms with Gasteiger partial charge in [-0.25, -0.2) is 8.42 Å².